The molecular weight excluding hydrogens is 348 g/mol. The van der Waals surface area contributed by atoms with E-state index < -0.39 is 19.5 Å². The third-order valence-electron chi connectivity index (χ3n) is 4.62. The van der Waals surface area contributed by atoms with Gasteiger partial charge in [-0.3, -0.25) is 0 Å². The van der Waals surface area contributed by atoms with Gasteiger partial charge in [0.15, 0.2) is 14.1 Å². The molecule has 1 aliphatic carbocycles. The molecule has 0 unspecified atom stereocenters. The number of hydrogen-bond acceptors (Lipinski definition) is 4. The lowest BCUT2D eigenvalue weighted by Crippen LogP contribution is -2.60. The predicted molar refractivity (Wildman–Crippen MR) is 89.5 cm³/mol. The molecule has 118 valence electrons. The molecule has 0 radical (unpaired) electrons. The highest BCUT2D eigenvalue weighted by Gasteiger charge is 2.58. The largest absolute Gasteiger partial charge is 0.404 e. The Morgan fingerprint density at radius 1 is 1.24 bits per heavy atom. The van der Waals surface area contributed by atoms with E-state index in [1.54, 1.807) is 12.4 Å². The molecule has 1 aromatic heterocycles. The van der Waals surface area contributed by atoms with E-state index in [-0.39, 0.29) is 5.04 Å². The molecule has 0 bridgehead atoms. The number of aliphatic hydroxyl groups is 1. The Kier molecular flexibility index (Phi) is 4.15. The fourth-order valence-corrected chi connectivity index (χ4v) is 4.37. The first-order valence-electron chi connectivity index (χ1n) is 7.28. The normalized spacial score (nSPS) is 30.1. The van der Waals surface area contributed by atoms with Crippen molar-refractivity contribution in [3.63, 3.8) is 0 Å². The van der Waals surface area contributed by atoms with E-state index in [1.165, 1.54) is 0 Å². The molecule has 1 heterocycles. The molecule has 1 saturated carbocycles. The zero-order chi connectivity index (χ0) is 16.1. The molecule has 0 aliphatic heterocycles. The van der Waals surface area contributed by atoms with Crippen LogP contribution >= 0.6 is 15.9 Å². The van der Waals surface area contributed by atoms with Crippen molar-refractivity contribution in [3.8, 4) is 0 Å². The van der Waals surface area contributed by atoms with Gasteiger partial charge in [0.05, 0.1) is 10.1 Å². The van der Waals surface area contributed by atoms with Gasteiger partial charge in [0.2, 0.25) is 0 Å². The van der Waals surface area contributed by atoms with Crippen LogP contribution in [0.4, 0.5) is 0 Å². The molecule has 21 heavy (non-hydrogen) atoms. The number of hydrogen-bond donors (Lipinski definition) is 1. The fourth-order valence-electron chi connectivity index (χ4n) is 2.64. The van der Waals surface area contributed by atoms with Crippen molar-refractivity contribution in [2.45, 2.75) is 69.9 Å². The summed E-state index contributed by atoms with van der Waals surface area (Å²) in [5.41, 5.74) is -1.24. The quantitative estimate of drug-likeness (QED) is 0.814. The third-order valence-corrected chi connectivity index (χ3v) is 9.54. The maximum atomic E-state index is 10.2. The first kappa shape index (κ1) is 17.1. The predicted octanol–water partition coefficient (Wildman–Crippen LogP) is 4.00. The van der Waals surface area contributed by atoms with Crippen molar-refractivity contribution in [2.24, 2.45) is 0 Å². The molecule has 2 rings (SSSR count). The van der Waals surface area contributed by atoms with Gasteiger partial charge in [0.1, 0.15) is 5.60 Å². The Balaban J connectivity index is 2.34. The van der Waals surface area contributed by atoms with Crippen molar-refractivity contribution in [1.29, 1.82) is 0 Å². The van der Waals surface area contributed by atoms with E-state index in [0.29, 0.717) is 18.7 Å². The van der Waals surface area contributed by atoms with Gasteiger partial charge in [0, 0.05) is 25.2 Å². The standard InChI is InChI=1S/C15H25BrN2O2Si/c1-13(2,3)21(5,6)20-15(9-14(4,19)10-15)12-17-7-11(16)8-18-12/h7-8,19H,9-10H2,1-6H3. The van der Waals surface area contributed by atoms with Crippen molar-refractivity contribution in [1.82, 2.24) is 9.97 Å². The van der Waals surface area contributed by atoms with E-state index >= 15 is 0 Å². The highest BCUT2D eigenvalue weighted by Crippen LogP contribution is 2.53. The molecule has 1 N–H and O–H groups in total. The summed E-state index contributed by atoms with van der Waals surface area (Å²) in [5, 5.41) is 10.3. The smallest absolute Gasteiger partial charge is 0.193 e. The Labute approximate surface area is 136 Å². The SMILES string of the molecule is CC1(O)CC(O[Si](C)(C)C(C)(C)C)(c2ncc(Br)cn2)C1. The van der Waals surface area contributed by atoms with Gasteiger partial charge in [-0.05, 0) is 41.0 Å². The molecule has 1 fully saturated rings. The zero-order valence-corrected chi connectivity index (χ0v) is 16.3. The second kappa shape index (κ2) is 5.11. The third kappa shape index (κ3) is 3.38. The Hall–Kier alpha value is -0.303. The van der Waals surface area contributed by atoms with Crippen molar-refractivity contribution >= 4 is 24.2 Å². The van der Waals surface area contributed by atoms with Crippen LogP contribution in [0, 0.1) is 0 Å². The van der Waals surface area contributed by atoms with E-state index in [4.69, 9.17) is 4.43 Å². The summed E-state index contributed by atoms with van der Waals surface area (Å²) in [4.78, 5) is 8.86. The molecule has 0 atom stereocenters. The Morgan fingerprint density at radius 3 is 2.10 bits per heavy atom. The lowest BCUT2D eigenvalue weighted by Gasteiger charge is -2.55. The minimum atomic E-state index is -1.97. The molecule has 1 aliphatic rings. The number of nitrogens with zero attached hydrogens (tertiary/aromatic N) is 2. The van der Waals surface area contributed by atoms with E-state index in [1.807, 2.05) is 6.92 Å². The van der Waals surface area contributed by atoms with Crippen LogP contribution in [0.3, 0.4) is 0 Å². The van der Waals surface area contributed by atoms with E-state index in [2.05, 4.69) is 59.8 Å². The average molecular weight is 373 g/mol. The monoisotopic (exact) mass is 372 g/mol. The summed E-state index contributed by atoms with van der Waals surface area (Å²) in [7, 11) is -1.97. The summed E-state index contributed by atoms with van der Waals surface area (Å²) >= 11 is 3.36. The van der Waals surface area contributed by atoms with Crippen LogP contribution in [0.15, 0.2) is 16.9 Å². The minimum absolute atomic E-state index is 0.108. The number of aromatic nitrogens is 2. The van der Waals surface area contributed by atoms with Gasteiger partial charge in [-0.25, -0.2) is 9.97 Å². The van der Waals surface area contributed by atoms with Gasteiger partial charge < -0.3 is 9.53 Å². The van der Waals surface area contributed by atoms with Crippen LogP contribution < -0.4 is 0 Å². The molecule has 6 heteroatoms. The molecule has 4 nitrogen and oxygen atoms in total. The summed E-state index contributed by atoms with van der Waals surface area (Å²) < 4.78 is 7.47. The topological polar surface area (TPSA) is 55.2 Å². The molecular formula is C15H25BrN2O2Si. The van der Waals surface area contributed by atoms with Crippen LogP contribution in [0.5, 0.6) is 0 Å². The van der Waals surface area contributed by atoms with E-state index in [0.717, 1.165) is 4.47 Å². The molecule has 0 aromatic carbocycles. The van der Waals surface area contributed by atoms with Crippen LogP contribution in [-0.4, -0.2) is 29.0 Å². The highest BCUT2D eigenvalue weighted by atomic mass is 79.9. The molecule has 0 amide bonds. The van der Waals surface area contributed by atoms with Crippen molar-refractivity contribution in [3.05, 3.63) is 22.7 Å². The second-order valence-corrected chi connectivity index (χ2v) is 13.6. The fraction of sp³-hybridized carbons (Fsp3) is 0.733. The Morgan fingerprint density at radius 2 is 1.71 bits per heavy atom. The molecule has 0 saturated heterocycles. The highest BCUT2D eigenvalue weighted by molar-refractivity contribution is 9.10. The maximum Gasteiger partial charge on any atom is 0.193 e. The first-order valence-corrected chi connectivity index (χ1v) is 11.0. The lowest BCUT2D eigenvalue weighted by atomic mass is 9.68. The number of rotatable bonds is 3. The summed E-state index contributed by atoms with van der Waals surface area (Å²) in [6.07, 6.45) is 4.58. The van der Waals surface area contributed by atoms with E-state index in [9.17, 15) is 5.11 Å². The van der Waals surface area contributed by atoms with Crippen LogP contribution in [-0.2, 0) is 10.0 Å². The Bertz CT molecular complexity index is 515. The van der Waals surface area contributed by atoms with Gasteiger partial charge >= 0.3 is 0 Å². The van der Waals surface area contributed by atoms with Crippen molar-refractivity contribution < 1.29 is 9.53 Å². The summed E-state index contributed by atoms with van der Waals surface area (Å²) in [6, 6.07) is 0. The first-order chi connectivity index (χ1) is 9.37. The summed E-state index contributed by atoms with van der Waals surface area (Å²) in [6.45, 7) is 12.9. The number of halogens is 1. The zero-order valence-electron chi connectivity index (χ0n) is 13.7. The van der Waals surface area contributed by atoms with Gasteiger partial charge in [-0.15, -0.1) is 0 Å². The van der Waals surface area contributed by atoms with Crippen LogP contribution in [0.2, 0.25) is 18.1 Å². The van der Waals surface area contributed by atoms with Crippen molar-refractivity contribution in [2.75, 3.05) is 0 Å². The van der Waals surface area contributed by atoms with Gasteiger partial charge in [-0.1, -0.05) is 20.8 Å². The minimum Gasteiger partial charge on any atom is -0.404 e. The van der Waals surface area contributed by atoms with Crippen LogP contribution in [0.1, 0.15) is 46.4 Å². The maximum absolute atomic E-state index is 10.2. The summed E-state index contributed by atoms with van der Waals surface area (Å²) in [5.74, 6) is 0.682. The molecule has 0 spiro atoms. The average Bonchev–Trinajstić information content (AvgIpc) is 2.24. The lowest BCUT2D eigenvalue weighted by molar-refractivity contribution is -0.171. The molecule has 1 aromatic rings. The second-order valence-electron chi connectivity index (χ2n) is 7.93. The van der Waals surface area contributed by atoms with Gasteiger partial charge in [-0.2, -0.15) is 0 Å². The van der Waals surface area contributed by atoms with Crippen LogP contribution in [0.25, 0.3) is 0 Å². The van der Waals surface area contributed by atoms with Gasteiger partial charge in [0.25, 0.3) is 0 Å².